The number of nitrogens with one attached hydrogen (secondary N) is 1. The number of hydrogen-bond donors (Lipinski definition) is 2. The van der Waals surface area contributed by atoms with Crippen molar-refractivity contribution in [2.45, 2.75) is 25.2 Å². The number of anilines is 2. The second-order valence-corrected chi connectivity index (χ2v) is 9.67. The Balaban J connectivity index is 1.29. The van der Waals surface area contributed by atoms with E-state index in [-0.39, 0.29) is 34.5 Å². The number of hydrogen-bond acceptors (Lipinski definition) is 8. The summed E-state index contributed by atoms with van der Waals surface area (Å²) in [4.78, 5) is 14.6. The van der Waals surface area contributed by atoms with E-state index in [1.54, 1.807) is 40.8 Å². The zero-order valence-corrected chi connectivity index (χ0v) is 21.3. The van der Waals surface area contributed by atoms with Gasteiger partial charge < -0.3 is 19.7 Å². The number of alkyl halides is 3. The molecule has 39 heavy (non-hydrogen) atoms. The van der Waals surface area contributed by atoms with Crippen LogP contribution in [0.15, 0.2) is 49.2 Å². The first-order valence-corrected chi connectivity index (χ1v) is 12.4. The summed E-state index contributed by atoms with van der Waals surface area (Å²) in [5.74, 6) is 0.934. The Labute approximate surface area is 224 Å². The van der Waals surface area contributed by atoms with Gasteiger partial charge in [-0.05, 0) is 24.1 Å². The van der Waals surface area contributed by atoms with Gasteiger partial charge in [0, 0.05) is 44.8 Å². The Morgan fingerprint density at radius 2 is 2.05 bits per heavy atom. The molecule has 10 nitrogen and oxygen atoms in total. The van der Waals surface area contributed by atoms with Crippen molar-refractivity contribution in [3.63, 3.8) is 0 Å². The van der Waals surface area contributed by atoms with Crippen LogP contribution in [0.25, 0.3) is 16.7 Å². The molecule has 1 atom stereocenters. The second-order valence-electron chi connectivity index (χ2n) is 9.29. The van der Waals surface area contributed by atoms with Crippen molar-refractivity contribution in [2.24, 2.45) is 7.05 Å². The first-order chi connectivity index (χ1) is 18.7. The molecular formula is C25H22ClF3N8O2. The summed E-state index contributed by atoms with van der Waals surface area (Å²) in [6, 6.07) is 4.07. The smallest absolute Gasteiger partial charge is 0.416 e. The van der Waals surface area contributed by atoms with Gasteiger partial charge in [0.2, 0.25) is 5.95 Å². The van der Waals surface area contributed by atoms with Crippen LogP contribution in [0.1, 0.15) is 17.5 Å². The minimum absolute atomic E-state index is 0.101. The van der Waals surface area contributed by atoms with Gasteiger partial charge in [0.15, 0.2) is 17.1 Å². The fourth-order valence-corrected chi connectivity index (χ4v) is 4.99. The number of aliphatic hydroxyl groups is 1. The average Bonchev–Trinajstić information content (AvgIpc) is 3.59. The number of ether oxygens (including phenoxy) is 1. The van der Waals surface area contributed by atoms with Crippen molar-refractivity contribution in [1.29, 1.82) is 0 Å². The van der Waals surface area contributed by atoms with Crippen molar-refractivity contribution in [1.82, 2.24) is 34.0 Å². The Morgan fingerprint density at radius 3 is 2.82 bits per heavy atom. The number of rotatable bonds is 6. The summed E-state index contributed by atoms with van der Waals surface area (Å²) in [5.41, 5.74) is 0.956. The highest BCUT2D eigenvalue weighted by Crippen LogP contribution is 2.38. The molecule has 1 fully saturated rings. The van der Waals surface area contributed by atoms with Crippen LogP contribution < -0.4 is 10.1 Å². The molecule has 2 N–H and O–H groups in total. The Bertz CT molecular complexity index is 1690. The van der Waals surface area contributed by atoms with Gasteiger partial charge in [0.05, 0.1) is 30.3 Å². The van der Waals surface area contributed by atoms with Crippen LogP contribution in [0, 0.1) is 0 Å². The molecule has 6 rings (SSSR count). The van der Waals surface area contributed by atoms with Gasteiger partial charge in [0.25, 0.3) is 0 Å². The molecule has 0 bridgehead atoms. The van der Waals surface area contributed by atoms with Crippen molar-refractivity contribution in [3.8, 4) is 11.5 Å². The molecule has 0 aliphatic carbocycles. The highest BCUT2D eigenvalue weighted by Gasteiger charge is 2.34. The first-order valence-electron chi connectivity index (χ1n) is 12.0. The Hall–Kier alpha value is -3.94. The number of imidazole rings is 1. The monoisotopic (exact) mass is 558 g/mol. The van der Waals surface area contributed by atoms with Gasteiger partial charge in [0.1, 0.15) is 16.1 Å². The van der Waals surface area contributed by atoms with E-state index in [1.807, 2.05) is 4.90 Å². The van der Waals surface area contributed by atoms with Crippen LogP contribution in [0.3, 0.4) is 0 Å². The second kappa shape index (κ2) is 9.67. The quantitative estimate of drug-likeness (QED) is 0.307. The first kappa shape index (κ1) is 25.3. The van der Waals surface area contributed by atoms with E-state index >= 15 is 0 Å². The summed E-state index contributed by atoms with van der Waals surface area (Å²) in [5, 5.41) is 17.1. The van der Waals surface area contributed by atoms with Crippen LogP contribution in [0.5, 0.6) is 11.5 Å². The minimum Gasteiger partial charge on any atom is -0.450 e. The third-order valence-electron chi connectivity index (χ3n) is 6.63. The summed E-state index contributed by atoms with van der Waals surface area (Å²) in [6.07, 6.45) is 3.31. The molecule has 0 unspecified atom stereocenters. The molecule has 0 radical (unpaired) electrons. The molecule has 1 aliphatic rings. The van der Waals surface area contributed by atoms with Crippen LogP contribution >= 0.6 is 11.6 Å². The van der Waals surface area contributed by atoms with E-state index in [0.717, 1.165) is 6.07 Å². The lowest BCUT2D eigenvalue weighted by molar-refractivity contribution is -0.138. The molecule has 1 saturated heterocycles. The van der Waals surface area contributed by atoms with Crippen LogP contribution in [-0.2, 0) is 19.8 Å². The lowest BCUT2D eigenvalue weighted by atomic mass is 10.1. The predicted molar refractivity (Wildman–Crippen MR) is 137 cm³/mol. The highest BCUT2D eigenvalue weighted by atomic mass is 35.5. The molecule has 0 saturated carbocycles. The number of nitrogens with zero attached hydrogens (tertiary/aromatic N) is 7. The van der Waals surface area contributed by atoms with Crippen molar-refractivity contribution >= 4 is 39.9 Å². The van der Waals surface area contributed by atoms with Crippen molar-refractivity contribution in [2.75, 3.05) is 18.4 Å². The molecule has 5 aromatic rings. The fourth-order valence-electron chi connectivity index (χ4n) is 4.69. The summed E-state index contributed by atoms with van der Waals surface area (Å²) < 4.78 is 51.0. The highest BCUT2D eigenvalue weighted by molar-refractivity contribution is 6.36. The van der Waals surface area contributed by atoms with E-state index in [2.05, 4.69) is 25.4 Å². The normalized spacial score (nSPS) is 16.4. The topological polar surface area (TPSA) is 106 Å². The number of aryl methyl sites for hydroxylation is 1. The lowest BCUT2D eigenvalue weighted by Gasteiger charge is -2.20. The molecule has 14 heteroatoms. The van der Waals surface area contributed by atoms with E-state index < -0.39 is 17.8 Å². The number of fused-ring (bicyclic) bond motifs is 2. The number of aliphatic hydroxyl groups excluding tert-OH is 1. The van der Waals surface area contributed by atoms with Crippen LogP contribution in [-0.4, -0.2) is 58.3 Å². The minimum atomic E-state index is -4.55. The molecule has 1 aromatic carbocycles. The predicted octanol–water partition coefficient (Wildman–Crippen LogP) is 4.79. The van der Waals surface area contributed by atoms with Gasteiger partial charge in [-0.3, -0.25) is 9.88 Å². The Morgan fingerprint density at radius 1 is 1.21 bits per heavy atom. The van der Waals surface area contributed by atoms with E-state index in [1.165, 1.54) is 18.5 Å². The summed E-state index contributed by atoms with van der Waals surface area (Å²) in [6.45, 7) is 1.00. The third-order valence-corrected chi connectivity index (χ3v) is 6.99. The van der Waals surface area contributed by atoms with Crippen molar-refractivity contribution in [3.05, 3.63) is 65.3 Å². The van der Waals surface area contributed by atoms with Gasteiger partial charge in [-0.25, -0.2) is 9.50 Å². The summed E-state index contributed by atoms with van der Waals surface area (Å²) in [7, 11) is 1.67. The lowest BCUT2D eigenvalue weighted by Crippen LogP contribution is -2.23. The fraction of sp³-hybridized carbons (Fsp3) is 0.280. The zero-order valence-electron chi connectivity index (χ0n) is 20.5. The van der Waals surface area contributed by atoms with Gasteiger partial charge in [-0.1, -0.05) is 17.7 Å². The maximum absolute atomic E-state index is 13.9. The van der Waals surface area contributed by atoms with Crippen LogP contribution in [0.2, 0.25) is 5.02 Å². The largest absolute Gasteiger partial charge is 0.450 e. The number of halogens is 4. The molecule has 202 valence electrons. The molecule has 4 aromatic heterocycles. The maximum Gasteiger partial charge on any atom is 0.416 e. The summed E-state index contributed by atoms with van der Waals surface area (Å²) >= 11 is 6.66. The van der Waals surface area contributed by atoms with E-state index in [0.29, 0.717) is 41.9 Å². The number of likely N-dealkylation sites (tertiary alicyclic amines) is 1. The molecular weight excluding hydrogens is 537 g/mol. The average molecular weight is 559 g/mol. The zero-order chi connectivity index (χ0) is 27.3. The van der Waals surface area contributed by atoms with Gasteiger partial charge >= 0.3 is 6.18 Å². The molecule has 5 heterocycles. The standard InChI is InChI=1S/C25H22ClF3N8O2/c1-35-22-21(26)20(39-19-11-32-37-7-5-30-9-18(19)37)10-31-23(22)34-24(35)33-15-3-2-14(17(8-15)25(27,28)29)12-36-6-4-16(38)13-36/h2-3,5,7-11,16,38H,4,6,12-13H2,1H3,(H,31,33,34)/t16-/m1/s1. The number of β-amino-alcohol motifs (C(OH)–C–C–N with tert-alkyl or cyclic N) is 1. The maximum atomic E-state index is 13.9. The number of pyridine rings is 1. The Kier molecular flexibility index (Phi) is 6.28. The third kappa shape index (κ3) is 4.84. The van der Waals surface area contributed by atoms with Gasteiger partial charge in [-0.2, -0.15) is 23.3 Å². The van der Waals surface area contributed by atoms with E-state index in [9.17, 15) is 18.3 Å². The van der Waals surface area contributed by atoms with Crippen LogP contribution in [0.4, 0.5) is 24.8 Å². The van der Waals surface area contributed by atoms with Gasteiger partial charge in [-0.15, -0.1) is 0 Å². The molecule has 0 amide bonds. The molecule has 1 aliphatic heterocycles. The SMILES string of the molecule is Cn1c(Nc2ccc(CN3CC[C@@H](O)C3)c(C(F)(F)F)c2)nc2ncc(Oc3cnn4ccncc34)c(Cl)c21. The number of benzene rings is 1. The molecule has 0 spiro atoms. The number of aromatic nitrogens is 6. The van der Waals surface area contributed by atoms with Crippen molar-refractivity contribution < 1.29 is 23.0 Å². The van der Waals surface area contributed by atoms with E-state index in [4.69, 9.17) is 16.3 Å².